The second-order valence-electron chi connectivity index (χ2n) is 4.03. The Morgan fingerprint density at radius 1 is 1.38 bits per heavy atom. The molecule has 0 aliphatic rings. The molecule has 9 heteroatoms. The Bertz CT molecular complexity index is 670. The summed E-state index contributed by atoms with van der Waals surface area (Å²) >= 11 is -0.404. The molecule has 0 spiro atoms. The molecule has 112 valence electrons. The smallest absolute Gasteiger partial charge is 0.446 e. The third-order valence-electron chi connectivity index (χ3n) is 2.47. The van der Waals surface area contributed by atoms with Gasteiger partial charge in [0.05, 0.1) is 0 Å². The summed E-state index contributed by atoms with van der Waals surface area (Å²) in [5.74, 6) is -2.11. The van der Waals surface area contributed by atoms with Gasteiger partial charge in [-0.2, -0.15) is 17.6 Å². The summed E-state index contributed by atoms with van der Waals surface area (Å²) in [5.41, 5.74) is -4.42. The molecule has 0 aromatic carbocycles. The van der Waals surface area contributed by atoms with Gasteiger partial charge in [0.1, 0.15) is 5.69 Å². The van der Waals surface area contributed by atoms with Crippen LogP contribution in [-0.4, -0.2) is 26.1 Å². The molecule has 2 aromatic rings. The number of aromatic nitrogens is 2. The van der Waals surface area contributed by atoms with Gasteiger partial charge in [0, 0.05) is 23.8 Å². The molecule has 0 saturated heterocycles. The van der Waals surface area contributed by atoms with Crippen molar-refractivity contribution in [1.82, 2.24) is 9.55 Å². The van der Waals surface area contributed by atoms with E-state index in [1.54, 1.807) is 0 Å². The van der Waals surface area contributed by atoms with E-state index in [0.717, 1.165) is 22.9 Å². The van der Waals surface area contributed by atoms with Gasteiger partial charge in [-0.05, 0) is 35.5 Å². The molecule has 2 aromatic heterocycles. The zero-order valence-electron chi connectivity index (χ0n) is 10.3. The highest BCUT2D eigenvalue weighted by Gasteiger charge is 2.30. The van der Waals surface area contributed by atoms with Gasteiger partial charge in [-0.3, -0.25) is 0 Å². The maximum atomic E-state index is 13.0. The number of carbonyl (C=O) groups is 1. The molecule has 0 atom stereocenters. The van der Waals surface area contributed by atoms with Crippen LogP contribution >= 0.6 is 11.8 Å². The van der Waals surface area contributed by atoms with Crippen molar-refractivity contribution in [3.05, 3.63) is 47.8 Å². The van der Waals surface area contributed by atoms with Gasteiger partial charge in [-0.25, -0.2) is 9.78 Å². The Morgan fingerprint density at radius 2 is 2.10 bits per heavy atom. The van der Waals surface area contributed by atoms with Crippen LogP contribution in [0, 0.1) is 5.95 Å². The van der Waals surface area contributed by atoms with Crippen molar-refractivity contribution in [3.63, 3.8) is 0 Å². The minimum absolute atomic E-state index is 0.0699. The molecule has 21 heavy (non-hydrogen) atoms. The second kappa shape index (κ2) is 5.76. The number of carboxylic acid groups (broad SMARTS) is 1. The number of nitrogens with zero attached hydrogens (tertiary/aromatic N) is 2. The van der Waals surface area contributed by atoms with Crippen LogP contribution < -0.4 is 0 Å². The molecule has 1 N–H and O–H groups in total. The molecule has 0 radical (unpaired) electrons. The summed E-state index contributed by atoms with van der Waals surface area (Å²) in [4.78, 5) is 14.2. The molecule has 2 rings (SSSR count). The van der Waals surface area contributed by atoms with Crippen LogP contribution in [0.2, 0.25) is 0 Å². The third kappa shape index (κ3) is 4.22. The van der Waals surface area contributed by atoms with Crippen molar-refractivity contribution in [2.45, 2.75) is 16.9 Å². The van der Waals surface area contributed by atoms with Gasteiger partial charge in [0.25, 0.3) is 0 Å². The molecule has 0 unspecified atom stereocenters. The molecule has 0 bridgehead atoms. The van der Waals surface area contributed by atoms with Gasteiger partial charge >= 0.3 is 11.5 Å². The Kier molecular flexibility index (Phi) is 4.21. The van der Waals surface area contributed by atoms with Crippen molar-refractivity contribution >= 4 is 17.7 Å². The lowest BCUT2D eigenvalue weighted by atomic mass is 10.2. The van der Waals surface area contributed by atoms with E-state index in [2.05, 4.69) is 4.98 Å². The molecular formula is C12H8F4N2O2S. The lowest BCUT2D eigenvalue weighted by Gasteiger charge is -2.06. The summed E-state index contributed by atoms with van der Waals surface area (Å²) in [5, 5.41) is 9.01. The number of hydrogen-bond acceptors (Lipinski definition) is 3. The molecule has 0 fully saturated rings. The lowest BCUT2D eigenvalue weighted by Crippen LogP contribution is -2.08. The van der Waals surface area contributed by atoms with Crippen molar-refractivity contribution < 1.29 is 27.5 Å². The molecule has 0 saturated carbocycles. The van der Waals surface area contributed by atoms with Crippen LogP contribution in [0.15, 0.2) is 35.5 Å². The van der Waals surface area contributed by atoms with Crippen LogP contribution in [0.1, 0.15) is 16.1 Å². The number of thioether (sulfide) groups is 1. The maximum absolute atomic E-state index is 13.0. The minimum atomic E-state index is -4.51. The van der Waals surface area contributed by atoms with E-state index in [1.807, 2.05) is 0 Å². The predicted octanol–water partition coefficient (Wildman–Crippen LogP) is 3.38. The van der Waals surface area contributed by atoms with E-state index in [-0.39, 0.29) is 17.1 Å². The van der Waals surface area contributed by atoms with Gasteiger partial charge in [-0.15, -0.1) is 0 Å². The fourth-order valence-electron chi connectivity index (χ4n) is 1.72. The average molecular weight is 320 g/mol. The zero-order chi connectivity index (χ0) is 15.6. The van der Waals surface area contributed by atoms with E-state index in [1.165, 1.54) is 12.3 Å². The summed E-state index contributed by atoms with van der Waals surface area (Å²) in [6.07, 6.45) is 2.26. The van der Waals surface area contributed by atoms with Crippen LogP contribution in [0.5, 0.6) is 0 Å². The maximum Gasteiger partial charge on any atom is 0.446 e. The highest BCUT2D eigenvalue weighted by Crippen LogP contribution is 2.37. The number of hydrogen-bond donors (Lipinski definition) is 1. The van der Waals surface area contributed by atoms with Crippen molar-refractivity contribution in [3.8, 4) is 0 Å². The fraction of sp³-hybridized carbons (Fsp3) is 0.167. The molecule has 0 aliphatic heterocycles. The minimum Gasteiger partial charge on any atom is -0.477 e. The van der Waals surface area contributed by atoms with Crippen LogP contribution in [0.4, 0.5) is 17.6 Å². The molecule has 2 heterocycles. The first kappa shape index (κ1) is 15.4. The normalized spacial score (nSPS) is 11.6. The van der Waals surface area contributed by atoms with E-state index in [9.17, 15) is 22.4 Å². The standard InChI is InChI=1S/C12H8F4N2O2S/c13-10-3-7(1-2-17-10)5-18-6-8(21-12(14,15)16)4-9(18)11(19)20/h1-4,6H,5H2,(H,19,20). The lowest BCUT2D eigenvalue weighted by molar-refractivity contribution is -0.0328. The summed E-state index contributed by atoms with van der Waals surface area (Å²) in [6, 6.07) is 3.46. The number of rotatable bonds is 4. The first-order valence-corrected chi connectivity index (χ1v) is 6.36. The monoisotopic (exact) mass is 320 g/mol. The van der Waals surface area contributed by atoms with E-state index < -0.39 is 29.2 Å². The second-order valence-corrected chi connectivity index (χ2v) is 5.17. The largest absolute Gasteiger partial charge is 0.477 e. The topological polar surface area (TPSA) is 55.1 Å². The van der Waals surface area contributed by atoms with Gasteiger partial charge < -0.3 is 9.67 Å². The van der Waals surface area contributed by atoms with Crippen molar-refractivity contribution in [2.24, 2.45) is 0 Å². The quantitative estimate of drug-likeness (QED) is 0.533. The Morgan fingerprint density at radius 3 is 2.67 bits per heavy atom. The Balaban J connectivity index is 2.31. The number of alkyl halides is 3. The Hall–Kier alpha value is -2.03. The molecular weight excluding hydrogens is 312 g/mol. The van der Waals surface area contributed by atoms with Crippen LogP contribution in [0.25, 0.3) is 0 Å². The summed E-state index contributed by atoms with van der Waals surface area (Å²) < 4.78 is 51.0. The SMILES string of the molecule is O=C(O)c1cc(SC(F)(F)F)cn1Cc1ccnc(F)c1. The first-order valence-electron chi connectivity index (χ1n) is 5.54. The van der Waals surface area contributed by atoms with Crippen LogP contribution in [-0.2, 0) is 6.54 Å². The third-order valence-corrected chi connectivity index (χ3v) is 3.16. The van der Waals surface area contributed by atoms with Crippen LogP contribution in [0.3, 0.4) is 0 Å². The van der Waals surface area contributed by atoms with E-state index in [0.29, 0.717) is 5.56 Å². The number of aromatic carboxylic acids is 1. The van der Waals surface area contributed by atoms with Gasteiger partial charge in [0.15, 0.2) is 0 Å². The van der Waals surface area contributed by atoms with E-state index in [4.69, 9.17) is 5.11 Å². The van der Waals surface area contributed by atoms with Gasteiger partial charge in [-0.1, -0.05) is 0 Å². The molecule has 4 nitrogen and oxygen atoms in total. The zero-order valence-corrected chi connectivity index (χ0v) is 11.1. The molecule has 0 aliphatic carbocycles. The Labute approximate surface area is 120 Å². The highest BCUT2D eigenvalue weighted by molar-refractivity contribution is 8.00. The highest BCUT2D eigenvalue weighted by atomic mass is 32.2. The first-order chi connectivity index (χ1) is 9.74. The van der Waals surface area contributed by atoms with Gasteiger partial charge in [0.2, 0.25) is 5.95 Å². The predicted molar refractivity (Wildman–Crippen MR) is 66.6 cm³/mol. The average Bonchev–Trinajstić information content (AvgIpc) is 2.69. The number of pyridine rings is 1. The fourth-order valence-corrected chi connectivity index (χ4v) is 2.34. The van der Waals surface area contributed by atoms with E-state index >= 15 is 0 Å². The summed E-state index contributed by atoms with van der Waals surface area (Å²) in [7, 11) is 0. The molecule has 0 amide bonds. The van der Waals surface area contributed by atoms with Crippen molar-refractivity contribution in [1.29, 1.82) is 0 Å². The number of halogens is 4. The summed E-state index contributed by atoms with van der Waals surface area (Å²) in [6.45, 7) is -0.0699. The van der Waals surface area contributed by atoms with Crippen molar-refractivity contribution in [2.75, 3.05) is 0 Å². The number of carboxylic acids is 1.